The van der Waals surface area contributed by atoms with E-state index in [0.717, 1.165) is 82.3 Å². The van der Waals surface area contributed by atoms with Gasteiger partial charge in [-0.15, -0.1) is 0 Å². The van der Waals surface area contributed by atoms with Crippen molar-refractivity contribution in [2.24, 2.45) is 0 Å². The van der Waals surface area contributed by atoms with Gasteiger partial charge >= 0.3 is 11.9 Å². The molecule has 0 bridgehead atoms. The number of alkyl halides is 1. The molecule has 6 heterocycles. The van der Waals surface area contributed by atoms with Crippen LogP contribution in [0, 0.1) is 0 Å². The summed E-state index contributed by atoms with van der Waals surface area (Å²) in [5, 5.41) is 12.6. The summed E-state index contributed by atoms with van der Waals surface area (Å²) in [4.78, 5) is 35.3. The van der Waals surface area contributed by atoms with E-state index in [4.69, 9.17) is 14.7 Å². The number of halogens is 1. The fraction of sp³-hybridized carbons (Fsp3) is 0.444. The van der Waals surface area contributed by atoms with E-state index < -0.39 is 0 Å². The highest BCUT2D eigenvalue weighted by Crippen LogP contribution is 2.31. The van der Waals surface area contributed by atoms with Crippen LogP contribution in [0.25, 0.3) is 0 Å². The number of ether oxygens (including phenoxy) is 2. The van der Waals surface area contributed by atoms with Crippen LogP contribution in [0.2, 0.25) is 0 Å². The van der Waals surface area contributed by atoms with Gasteiger partial charge in [0.2, 0.25) is 0 Å². The summed E-state index contributed by atoms with van der Waals surface area (Å²) in [6.07, 6.45) is 24.3. The predicted octanol–water partition coefficient (Wildman–Crippen LogP) is 8.88. The smallest absolute Gasteiger partial charge is 0.327 e. The molecule has 0 saturated carbocycles. The first kappa shape index (κ1) is 48.0. The van der Waals surface area contributed by atoms with Crippen molar-refractivity contribution in [2.75, 3.05) is 40.4 Å². The fourth-order valence-electron chi connectivity index (χ4n) is 9.68. The van der Waals surface area contributed by atoms with Crippen LogP contribution in [-0.2, 0) is 70.4 Å². The highest BCUT2D eigenvalue weighted by molar-refractivity contribution is 9.09. The summed E-state index contributed by atoms with van der Waals surface area (Å²) < 4.78 is 13.9. The molecular formula is C54H65BrN8O4. The summed E-state index contributed by atoms with van der Waals surface area (Å²) in [5.74, 6) is -0.484. The first-order chi connectivity index (χ1) is 32.8. The number of nitrogens with zero attached hydrogens (tertiary/aromatic N) is 7. The number of nitrogens with one attached hydrogen (secondary N) is 1. The number of benzene rings is 2. The van der Waals surface area contributed by atoms with Gasteiger partial charge in [0.05, 0.1) is 38.7 Å². The Kier molecular flexibility index (Phi) is 17.2. The largest absolute Gasteiger partial charge is 0.468 e. The lowest BCUT2D eigenvalue weighted by molar-refractivity contribution is -0.147. The maximum atomic E-state index is 12.6. The molecule has 2 aromatic carbocycles. The molecule has 13 heteroatoms. The van der Waals surface area contributed by atoms with Crippen LogP contribution in [-0.4, -0.2) is 86.8 Å². The number of aromatic nitrogens is 6. The van der Waals surface area contributed by atoms with E-state index in [1.54, 1.807) is 0 Å². The van der Waals surface area contributed by atoms with E-state index >= 15 is 0 Å². The molecule has 10 rings (SSSR count). The molecule has 0 amide bonds. The number of carbonyl (C=O) groups is 2. The standard InChI is InChI=1S/C27H32N4O2.C18H24N4.C9H9BrO2/c1-33-27(32)26(22-8-3-2-4-9-22)30-16-15-24(19-30)31-18-20(17-28-31)11-13-23-14-12-21-7-5-6-10-25(21)29-23;1-2-4-18-15(3-1)6-8-16(21-18)7-5-14-11-20-22(13-14)17-9-10-19-12-17;1-12-9(11)8(10)7-5-3-2-4-6-7/h2-4,8-9,12,14,17-18,24,26H,5-7,10-11,13,15-16,19H2,1H3;6,8,11,13,17,19H,1-5,7,9-10,12H2;2-6,8H,1H3/t24-,26?;17-;/m11./s1. The molecule has 2 aliphatic carbocycles. The number of rotatable bonds is 13. The van der Waals surface area contributed by atoms with Gasteiger partial charge in [-0.05, 0) is 142 Å². The molecule has 2 unspecified atom stereocenters. The number of likely N-dealkylation sites (tertiary alicyclic amines) is 1. The lowest BCUT2D eigenvalue weighted by Gasteiger charge is -2.26. The zero-order chi connectivity index (χ0) is 46.4. The highest BCUT2D eigenvalue weighted by Gasteiger charge is 2.35. The normalized spacial score (nSPS) is 18.6. The van der Waals surface area contributed by atoms with Gasteiger partial charge in [-0.3, -0.25) is 29.0 Å². The average Bonchev–Trinajstić information content (AvgIpc) is 4.25. The number of pyridine rings is 2. The van der Waals surface area contributed by atoms with Crippen LogP contribution in [0.5, 0.6) is 0 Å². The zero-order valence-electron chi connectivity index (χ0n) is 39.1. The van der Waals surface area contributed by atoms with Crippen LogP contribution in [0.4, 0.5) is 0 Å². The zero-order valence-corrected chi connectivity index (χ0v) is 40.7. The Balaban J connectivity index is 0.000000153. The van der Waals surface area contributed by atoms with Gasteiger partial charge in [-0.1, -0.05) is 88.7 Å². The summed E-state index contributed by atoms with van der Waals surface area (Å²) in [6.45, 7) is 3.78. The lowest BCUT2D eigenvalue weighted by Crippen LogP contribution is -2.33. The van der Waals surface area contributed by atoms with Gasteiger partial charge in [0.25, 0.3) is 0 Å². The van der Waals surface area contributed by atoms with Gasteiger partial charge in [-0.25, -0.2) is 4.79 Å². The average molecular weight is 970 g/mol. The monoisotopic (exact) mass is 968 g/mol. The second-order valence-electron chi connectivity index (χ2n) is 18.1. The fourth-order valence-corrected chi connectivity index (χ4v) is 10.2. The van der Waals surface area contributed by atoms with E-state index in [-0.39, 0.29) is 28.8 Å². The summed E-state index contributed by atoms with van der Waals surface area (Å²) in [6, 6.07) is 28.7. The Morgan fingerprint density at radius 3 is 1.73 bits per heavy atom. The Bertz CT molecular complexity index is 2510. The van der Waals surface area contributed by atoms with E-state index in [1.807, 2.05) is 73.1 Å². The van der Waals surface area contributed by atoms with Crippen molar-refractivity contribution in [1.82, 2.24) is 39.7 Å². The van der Waals surface area contributed by atoms with Crippen molar-refractivity contribution in [1.29, 1.82) is 0 Å². The molecule has 0 spiro atoms. The van der Waals surface area contributed by atoms with Crippen LogP contribution in [0.3, 0.4) is 0 Å². The first-order valence-corrected chi connectivity index (χ1v) is 25.1. The van der Waals surface area contributed by atoms with E-state index in [2.05, 4.69) is 87.1 Å². The highest BCUT2D eigenvalue weighted by atomic mass is 79.9. The van der Waals surface area contributed by atoms with E-state index in [9.17, 15) is 9.59 Å². The van der Waals surface area contributed by atoms with E-state index in [0.29, 0.717) is 6.04 Å². The van der Waals surface area contributed by atoms with Crippen molar-refractivity contribution in [2.45, 2.75) is 113 Å². The molecule has 12 nitrogen and oxygen atoms in total. The summed E-state index contributed by atoms with van der Waals surface area (Å²) in [7, 11) is 2.84. The molecule has 4 aromatic heterocycles. The molecule has 0 radical (unpaired) electrons. The van der Waals surface area contributed by atoms with Crippen LogP contribution in [0.15, 0.2) is 110 Å². The molecule has 2 fully saturated rings. The predicted molar refractivity (Wildman–Crippen MR) is 264 cm³/mol. The number of aryl methyl sites for hydroxylation is 8. The van der Waals surface area contributed by atoms with Gasteiger partial charge < -0.3 is 14.8 Å². The van der Waals surface area contributed by atoms with Crippen LogP contribution in [0.1, 0.15) is 118 Å². The van der Waals surface area contributed by atoms with Gasteiger partial charge in [0.1, 0.15) is 10.9 Å². The molecule has 352 valence electrons. The maximum absolute atomic E-state index is 12.6. The summed E-state index contributed by atoms with van der Waals surface area (Å²) in [5.41, 5.74) is 12.4. The summed E-state index contributed by atoms with van der Waals surface area (Å²) >= 11 is 3.24. The Labute approximate surface area is 404 Å². The van der Waals surface area contributed by atoms with Crippen molar-refractivity contribution < 1.29 is 19.1 Å². The molecule has 67 heavy (non-hydrogen) atoms. The van der Waals surface area contributed by atoms with Gasteiger partial charge in [0.15, 0.2) is 0 Å². The quantitative estimate of drug-likeness (QED) is 0.0886. The number of methoxy groups -OCH3 is 2. The minimum Gasteiger partial charge on any atom is -0.468 e. The molecule has 4 atom stereocenters. The van der Waals surface area contributed by atoms with Gasteiger partial charge in [0, 0.05) is 54.8 Å². The van der Waals surface area contributed by atoms with Crippen molar-refractivity contribution in [3.8, 4) is 0 Å². The third-order valence-corrected chi connectivity index (χ3v) is 14.4. The second-order valence-corrected chi connectivity index (χ2v) is 19.0. The Morgan fingerprint density at radius 2 is 1.19 bits per heavy atom. The van der Waals surface area contributed by atoms with Crippen molar-refractivity contribution in [3.63, 3.8) is 0 Å². The van der Waals surface area contributed by atoms with Crippen LogP contribution < -0.4 is 5.32 Å². The number of hydrogen-bond acceptors (Lipinski definition) is 10. The van der Waals surface area contributed by atoms with Crippen LogP contribution >= 0.6 is 15.9 Å². The minimum atomic E-state index is -0.369. The maximum Gasteiger partial charge on any atom is 0.327 e. The lowest BCUT2D eigenvalue weighted by atomic mass is 9.95. The first-order valence-electron chi connectivity index (χ1n) is 24.2. The van der Waals surface area contributed by atoms with E-state index in [1.165, 1.54) is 104 Å². The van der Waals surface area contributed by atoms with Crippen molar-refractivity contribution in [3.05, 3.63) is 166 Å². The van der Waals surface area contributed by atoms with Gasteiger partial charge in [-0.2, -0.15) is 10.2 Å². The SMILES string of the molecule is COC(=O)C(Br)c1ccccc1.COC(=O)C(c1ccccc1)N1CC[C@@H](n2cc(CCc3ccc4c(n3)CCCC4)cn2)C1.c1nn([C@@H]2CCNC2)cc1CCc1ccc2c(n1)CCCC2. The number of fused-ring (bicyclic) bond motifs is 2. The Morgan fingerprint density at radius 1 is 0.657 bits per heavy atom. The number of hydrogen-bond donors (Lipinski definition) is 1. The Hall–Kier alpha value is -5.50. The molecular weight excluding hydrogens is 905 g/mol. The molecule has 4 aliphatic rings. The molecule has 2 saturated heterocycles. The molecule has 6 aromatic rings. The number of esters is 2. The minimum absolute atomic E-state index is 0.208. The third-order valence-electron chi connectivity index (χ3n) is 13.5. The molecule has 2 aliphatic heterocycles. The third kappa shape index (κ3) is 12.9. The topological polar surface area (TPSA) is 129 Å². The van der Waals surface area contributed by atoms with Crippen molar-refractivity contribution >= 4 is 27.9 Å². The second kappa shape index (κ2) is 24.0. The molecule has 1 N–H and O–H groups in total. The number of carbonyl (C=O) groups excluding carboxylic acids is 2.